The third-order valence-corrected chi connectivity index (χ3v) is 4.79. The van der Waals surface area contributed by atoms with Crippen molar-refractivity contribution in [3.63, 3.8) is 0 Å². The number of likely N-dealkylation sites (tertiary alicyclic amines) is 1. The Kier molecular flexibility index (Phi) is 5.30. The van der Waals surface area contributed by atoms with E-state index < -0.39 is 0 Å². The van der Waals surface area contributed by atoms with Gasteiger partial charge < -0.3 is 10.6 Å². The third-order valence-electron chi connectivity index (χ3n) is 4.79. The molecule has 0 amide bonds. The second-order valence-electron chi connectivity index (χ2n) is 8.35. The van der Waals surface area contributed by atoms with Crippen LogP contribution in [-0.2, 0) is 0 Å². The quantitative estimate of drug-likeness (QED) is 0.845. The van der Waals surface area contributed by atoms with Gasteiger partial charge >= 0.3 is 0 Å². The van der Waals surface area contributed by atoms with Crippen LogP contribution < -0.4 is 5.73 Å². The molecule has 0 aromatic heterocycles. The molecule has 0 aromatic rings. The molecular weight excluding hydrogens is 232 g/mol. The molecule has 2 fully saturated rings. The Bertz CT molecular complexity index is 263. The molecule has 2 rings (SSSR count). The Hall–Kier alpha value is -0.0800. The van der Waals surface area contributed by atoms with Crippen molar-refractivity contribution in [1.82, 2.24) is 4.90 Å². The van der Waals surface area contributed by atoms with E-state index in [1.807, 2.05) is 0 Å². The predicted molar refractivity (Wildman–Crippen MR) is 83.2 cm³/mol. The van der Waals surface area contributed by atoms with E-state index in [4.69, 9.17) is 5.73 Å². The molecule has 1 aliphatic carbocycles. The molecule has 112 valence electrons. The fourth-order valence-electron chi connectivity index (χ4n) is 4.25. The summed E-state index contributed by atoms with van der Waals surface area (Å²) < 4.78 is 0. The molecule has 1 aliphatic heterocycles. The molecule has 0 radical (unpaired) electrons. The lowest BCUT2D eigenvalue weighted by Gasteiger charge is -2.40. The van der Waals surface area contributed by atoms with Gasteiger partial charge in [-0.05, 0) is 42.9 Å². The summed E-state index contributed by atoms with van der Waals surface area (Å²) >= 11 is 0. The number of nitrogens with two attached hydrogens (primary N) is 1. The smallest absolute Gasteiger partial charge is 0.0170 e. The average molecular weight is 266 g/mol. The fraction of sp³-hybridized carbons (Fsp3) is 1.00. The van der Waals surface area contributed by atoms with Crippen LogP contribution in [0.2, 0.25) is 0 Å². The summed E-state index contributed by atoms with van der Waals surface area (Å²) in [6.07, 6.45) is 9.83. The van der Waals surface area contributed by atoms with Crippen molar-refractivity contribution < 1.29 is 0 Å². The standard InChI is InChI=1S/C17H34N2/c1-17(2,3)10-15-9-16(18)13-19(12-15)11-14-7-5-4-6-8-14/h14-16H,4-13,18H2,1-3H3. The lowest BCUT2D eigenvalue weighted by molar-refractivity contribution is 0.103. The predicted octanol–water partition coefficient (Wildman–Crippen LogP) is 3.65. The zero-order valence-electron chi connectivity index (χ0n) is 13.3. The second-order valence-corrected chi connectivity index (χ2v) is 8.35. The van der Waals surface area contributed by atoms with Gasteiger partial charge in [-0.25, -0.2) is 0 Å². The van der Waals surface area contributed by atoms with Crippen LogP contribution in [-0.4, -0.2) is 30.6 Å². The number of piperidine rings is 1. The van der Waals surface area contributed by atoms with Gasteiger partial charge in [-0.2, -0.15) is 0 Å². The molecule has 2 N–H and O–H groups in total. The summed E-state index contributed by atoms with van der Waals surface area (Å²) in [7, 11) is 0. The molecule has 0 bridgehead atoms. The molecule has 2 nitrogen and oxygen atoms in total. The van der Waals surface area contributed by atoms with Crippen LogP contribution in [0.25, 0.3) is 0 Å². The van der Waals surface area contributed by atoms with Crippen LogP contribution in [0.3, 0.4) is 0 Å². The summed E-state index contributed by atoms with van der Waals surface area (Å²) in [6.45, 7) is 10.8. The monoisotopic (exact) mass is 266 g/mol. The maximum Gasteiger partial charge on any atom is 0.0170 e. The molecule has 1 saturated carbocycles. The lowest BCUT2D eigenvalue weighted by atomic mass is 9.79. The lowest BCUT2D eigenvalue weighted by Crippen LogP contribution is -2.49. The van der Waals surface area contributed by atoms with E-state index in [-0.39, 0.29) is 0 Å². The largest absolute Gasteiger partial charge is 0.327 e. The molecule has 0 spiro atoms. The van der Waals surface area contributed by atoms with Crippen LogP contribution in [0.5, 0.6) is 0 Å². The van der Waals surface area contributed by atoms with Crippen LogP contribution in [0.4, 0.5) is 0 Å². The zero-order chi connectivity index (χ0) is 13.9. The van der Waals surface area contributed by atoms with Crippen molar-refractivity contribution in [3.05, 3.63) is 0 Å². The Morgan fingerprint density at radius 3 is 2.32 bits per heavy atom. The van der Waals surface area contributed by atoms with E-state index in [0.717, 1.165) is 18.4 Å². The first-order valence-electron chi connectivity index (χ1n) is 8.40. The number of hydrogen-bond acceptors (Lipinski definition) is 2. The Balaban J connectivity index is 1.82. The van der Waals surface area contributed by atoms with Crippen molar-refractivity contribution in [2.24, 2.45) is 23.0 Å². The first kappa shape index (κ1) is 15.3. The molecule has 1 heterocycles. The van der Waals surface area contributed by atoms with Crippen molar-refractivity contribution in [2.45, 2.75) is 71.8 Å². The Labute approximate surface area is 120 Å². The highest BCUT2D eigenvalue weighted by Crippen LogP contribution is 2.31. The van der Waals surface area contributed by atoms with Gasteiger partial charge in [0.2, 0.25) is 0 Å². The summed E-state index contributed by atoms with van der Waals surface area (Å²) in [4.78, 5) is 2.68. The Morgan fingerprint density at radius 2 is 1.68 bits per heavy atom. The van der Waals surface area contributed by atoms with E-state index in [2.05, 4.69) is 25.7 Å². The van der Waals surface area contributed by atoms with Gasteiger partial charge in [0.05, 0.1) is 0 Å². The van der Waals surface area contributed by atoms with E-state index in [0.29, 0.717) is 11.5 Å². The van der Waals surface area contributed by atoms with Crippen molar-refractivity contribution in [1.29, 1.82) is 0 Å². The first-order valence-corrected chi connectivity index (χ1v) is 8.40. The highest BCUT2D eigenvalue weighted by molar-refractivity contribution is 4.85. The van der Waals surface area contributed by atoms with Crippen LogP contribution in [0, 0.1) is 17.3 Å². The maximum atomic E-state index is 6.30. The van der Waals surface area contributed by atoms with E-state index in [1.54, 1.807) is 0 Å². The van der Waals surface area contributed by atoms with Crippen LogP contribution >= 0.6 is 0 Å². The SMILES string of the molecule is CC(C)(C)CC1CC(N)CN(CC2CCCCC2)C1. The molecule has 0 aromatic carbocycles. The number of nitrogens with zero attached hydrogens (tertiary/aromatic N) is 1. The molecule has 1 saturated heterocycles. The van der Waals surface area contributed by atoms with Crippen molar-refractivity contribution >= 4 is 0 Å². The van der Waals surface area contributed by atoms with Gasteiger partial charge in [-0.3, -0.25) is 0 Å². The Morgan fingerprint density at radius 1 is 1.00 bits per heavy atom. The minimum absolute atomic E-state index is 0.407. The molecule has 2 unspecified atom stereocenters. The topological polar surface area (TPSA) is 29.3 Å². The van der Waals surface area contributed by atoms with Gasteiger partial charge in [0, 0.05) is 25.7 Å². The van der Waals surface area contributed by atoms with Crippen molar-refractivity contribution in [3.8, 4) is 0 Å². The van der Waals surface area contributed by atoms with Gasteiger partial charge in [0.1, 0.15) is 0 Å². The molecule has 2 heteroatoms. The van der Waals surface area contributed by atoms with Gasteiger partial charge in [-0.15, -0.1) is 0 Å². The minimum atomic E-state index is 0.407. The van der Waals surface area contributed by atoms with E-state index >= 15 is 0 Å². The minimum Gasteiger partial charge on any atom is -0.327 e. The summed E-state index contributed by atoms with van der Waals surface area (Å²) in [5.41, 5.74) is 6.74. The zero-order valence-corrected chi connectivity index (χ0v) is 13.3. The molecule has 2 aliphatic rings. The fourth-order valence-corrected chi connectivity index (χ4v) is 4.25. The summed E-state index contributed by atoms with van der Waals surface area (Å²) in [5, 5.41) is 0. The van der Waals surface area contributed by atoms with E-state index in [1.165, 1.54) is 58.0 Å². The first-order chi connectivity index (χ1) is 8.92. The number of rotatable bonds is 3. The van der Waals surface area contributed by atoms with Crippen LogP contribution in [0.15, 0.2) is 0 Å². The summed E-state index contributed by atoms with van der Waals surface area (Å²) in [5.74, 6) is 1.77. The second kappa shape index (κ2) is 6.58. The summed E-state index contributed by atoms with van der Waals surface area (Å²) in [6, 6.07) is 0.407. The maximum absolute atomic E-state index is 6.30. The van der Waals surface area contributed by atoms with E-state index in [9.17, 15) is 0 Å². The highest BCUT2D eigenvalue weighted by atomic mass is 15.2. The highest BCUT2D eigenvalue weighted by Gasteiger charge is 2.29. The third kappa shape index (κ3) is 5.43. The average Bonchev–Trinajstić information content (AvgIpc) is 2.26. The van der Waals surface area contributed by atoms with Crippen LogP contribution in [0.1, 0.15) is 65.7 Å². The van der Waals surface area contributed by atoms with Crippen molar-refractivity contribution in [2.75, 3.05) is 19.6 Å². The molecule has 2 atom stereocenters. The van der Waals surface area contributed by atoms with Gasteiger partial charge in [0.25, 0.3) is 0 Å². The normalized spacial score (nSPS) is 31.6. The molecule has 19 heavy (non-hydrogen) atoms. The van der Waals surface area contributed by atoms with Gasteiger partial charge in [0.15, 0.2) is 0 Å². The van der Waals surface area contributed by atoms with Gasteiger partial charge in [-0.1, -0.05) is 40.0 Å². The number of hydrogen-bond donors (Lipinski definition) is 1. The molecular formula is C17H34N2.